The van der Waals surface area contributed by atoms with Gasteiger partial charge in [0.05, 0.1) is 22.1 Å². The molecule has 1 aliphatic carbocycles. The maximum Gasteiger partial charge on any atom is 0.0714 e. The summed E-state index contributed by atoms with van der Waals surface area (Å²) in [6.45, 7) is 0. The fourth-order valence-electron chi connectivity index (χ4n) is 11.2. The lowest BCUT2D eigenvalue weighted by Crippen LogP contribution is -2.28. The van der Waals surface area contributed by atoms with Crippen molar-refractivity contribution in [3.8, 4) is 39.1 Å². The van der Waals surface area contributed by atoms with E-state index in [1.807, 2.05) is 0 Å². The first-order valence-corrected chi connectivity index (χ1v) is 23.2. The fraction of sp³-hybridized carbons (Fsp3) is 0.0154. The van der Waals surface area contributed by atoms with Crippen molar-refractivity contribution in [3.05, 3.63) is 289 Å². The van der Waals surface area contributed by atoms with Gasteiger partial charge in [0.2, 0.25) is 0 Å². The molecule has 0 unspecified atom stereocenters. The Morgan fingerprint density at radius 1 is 0.313 bits per heavy atom. The van der Waals surface area contributed by atoms with Crippen LogP contribution < -0.4 is 4.90 Å². The molecule has 0 spiro atoms. The summed E-state index contributed by atoms with van der Waals surface area (Å²) in [5.74, 6) is 0. The van der Waals surface area contributed by atoms with Crippen LogP contribution in [0.15, 0.2) is 267 Å². The molecular weight excluding hydrogens is 809 g/mol. The maximum absolute atomic E-state index is 2.49. The standard InChI is InChI=1S/C65H44N2/c1-4-21-48(22-5-1)65(49-23-6-2-7-24-49)60-32-16-14-30-56(60)57-42-40-52(44-61(57)65)67-63-33-17-15-31-58(63)59-41-37-47(43-64(59)67)54-28-13-12-27-53(54)46-35-38-51(39-36-46)66(50-25-8-3-9-26-50)62-34-18-20-45-19-10-11-29-55(45)62/h1-44H. The largest absolute Gasteiger partial charge is 0.310 e. The van der Waals surface area contributed by atoms with Crippen molar-refractivity contribution in [1.82, 2.24) is 4.57 Å². The number of benzene rings is 11. The Hall–Kier alpha value is -8.72. The topological polar surface area (TPSA) is 8.17 Å². The molecule has 11 aromatic carbocycles. The maximum atomic E-state index is 2.49. The Kier molecular flexibility index (Phi) is 9.11. The van der Waals surface area contributed by atoms with Crippen molar-refractivity contribution in [1.29, 1.82) is 0 Å². The highest BCUT2D eigenvalue weighted by atomic mass is 15.1. The quantitative estimate of drug-likeness (QED) is 0.148. The highest BCUT2D eigenvalue weighted by Gasteiger charge is 2.46. The van der Waals surface area contributed by atoms with Gasteiger partial charge in [0.1, 0.15) is 0 Å². The van der Waals surface area contributed by atoms with E-state index in [9.17, 15) is 0 Å². The molecular formula is C65H44N2. The Morgan fingerprint density at radius 2 is 0.851 bits per heavy atom. The zero-order valence-electron chi connectivity index (χ0n) is 36.8. The Morgan fingerprint density at radius 3 is 1.60 bits per heavy atom. The second-order valence-corrected chi connectivity index (χ2v) is 17.6. The summed E-state index contributed by atoms with van der Waals surface area (Å²) >= 11 is 0. The van der Waals surface area contributed by atoms with Crippen LogP contribution in [0.1, 0.15) is 22.3 Å². The molecule has 0 radical (unpaired) electrons. The Balaban J connectivity index is 0.958. The average molecular weight is 853 g/mol. The summed E-state index contributed by atoms with van der Waals surface area (Å²) in [5.41, 5.74) is 18.8. The predicted molar refractivity (Wildman–Crippen MR) is 281 cm³/mol. The first-order chi connectivity index (χ1) is 33.3. The van der Waals surface area contributed by atoms with E-state index >= 15 is 0 Å². The van der Waals surface area contributed by atoms with Crippen LogP contribution in [0.25, 0.3) is 71.6 Å². The van der Waals surface area contributed by atoms with E-state index in [4.69, 9.17) is 0 Å². The third-order valence-corrected chi connectivity index (χ3v) is 14.1. The average Bonchev–Trinajstić information content (AvgIpc) is 3.90. The van der Waals surface area contributed by atoms with Crippen molar-refractivity contribution >= 4 is 49.6 Å². The van der Waals surface area contributed by atoms with Crippen LogP contribution in [0.3, 0.4) is 0 Å². The van der Waals surface area contributed by atoms with Crippen LogP contribution in [-0.4, -0.2) is 4.57 Å². The SMILES string of the molecule is c1ccc(N(c2ccc(-c3ccccc3-c3ccc4c5ccccc5n(-c5ccc6c(c5)C(c5ccccc5)(c5ccccc5)c5ccccc5-6)c4c3)cc2)c2cccc3ccccc23)cc1. The van der Waals surface area contributed by atoms with E-state index in [2.05, 4.69) is 276 Å². The van der Waals surface area contributed by atoms with Crippen molar-refractivity contribution < 1.29 is 0 Å². The number of anilines is 3. The van der Waals surface area contributed by atoms with Gasteiger partial charge in [0, 0.05) is 33.2 Å². The van der Waals surface area contributed by atoms with Crippen LogP contribution in [0.5, 0.6) is 0 Å². The highest BCUT2D eigenvalue weighted by Crippen LogP contribution is 2.56. The predicted octanol–water partition coefficient (Wildman–Crippen LogP) is 17.1. The summed E-state index contributed by atoms with van der Waals surface area (Å²) in [4.78, 5) is 2.37. The van der Waals surface area contributed by atoms with E-state index in [1.54, 1.807) is 0 Å². The highest BCUT2D eigenvalue weighted by molar-refractivity contribution is 6.11. The van der Waals surface area contributed by atoms with Crippen LogP contribution in [-0.2, 0) is 5.41 Å². The van der Waals surface area contributed by atoms with Crippen LogP contribution >= 0.6 is 0 Å². The first kappa shape index (κ1) is 38.7. The molecule has 67 heavy (non-hydrogen) atoms. The van der Waals surface area contributed by atoms with E-state index in [0.29, 0.717) is 0 Å². The minimum absolute atomic E-state index is 0.490. The van der Waals surface area contributed by atoms with E-state index < -0.39 is 5.41 Å². The molecule has 1 heterocycles. The molecule has 2 heteroatoms. The summed E-state index contributed by atoms with van der Waals surface area (Å²) in [7, 11) is 0. The summed E-state index contributed by atoms with van der Waals surface area (Å²) in [5, 5.41) is 4.91. The molecule has 0 N–H and O–H groups in total. The normalized spacial score (nSPS) is 12.6. The molecule has 0 aliphatic heterocycles. The molecule has 0 amide bonds. The lowest BCUT2D eigenvalue weighted by molar-refractivity contribution is 0.767. The van der Waals surface area contributed by atoms with Gasteiger partial charge in [-0.2, -0.15) is 0 Å². The second kappa shape index (κ2) is 15.8. The van der Waals surface area contributed by atoms with Gasteiger partial charge in [-0.25, -0.2) is 0 Å². The van der Waals surface area contributed by atoms with E-state index in [1.165, 1.54) is 88.2 Å². The molecule has 13 rings (SSSR count). The molecule has 0 saturated carbocycles. The molecule has 12 aromatic rings. The third-order valence-electron chi connectivity index (χ3n) is 14.1. The number of para-hydroxylation sites is 2. The minimum atomic E-state index is -0.490. The molecule has 0 saturated heterocycles. The van der Waals surface area contributed by atoms with E-state index in [-0.39, 0.29) is 0 Å². The molecule has 0 fully saturated rings. The van der Waals surface area contributed by atoms with Crippen molar-refractivity contribution in [2.45, 2.75) is 5.41 Å². The Labute approximate surface area is 390 Å². The zero-order valence-corrected chi connectivity index (χ0v) is 36.8. The van der Waals surface area contributed by atoms with Gasteiger partial charge in [0.25, 0.3) is 0 Å². The summed E-state index contributed by atoms with van der Waals surface area (Å²) in [6.07, 6.45) is 0. The number of hydrogen-bond donors (Lipinski definition) is 0. The smallest absolute Gasteiger partial charge is 0.0714 e. The van der Waals surface area contributed by atoms with Gasteiger partial charge in [-0.3, -0.25) is 0 Å². The number of nitrogens with zero attached hydrogens (tertiary/aromatic N) is 2. The minimum Gasteiger partial charge on any atom is -0.310 e. The summed E-state index contributed by atoms with van der Waals surface area (Å²) in [6, 6.07) is 98.0. The fourth-order valence-corrected chi connectivity index (χ4v) is 11.2. The number of aromatic nitrogens is 1. The number of rotatable bonds is 8. The van der Waals surface area contributed by atoms with Gasteiger partial charge < -0.3 is 9.47 Å². The van der Waals surface area contributed by atoms with Crippen LogP contribution in [0, 0.1) is 0 Å². The first-order valence-electron chi connectivity index (χ1n) is 23.2. The zero-order chi connectivity index (χ0) is 44.3. The molecule has 314 valence electrons. The van der Waals surface area contributed by atoms with Gasteiger partial charge >= 0.3 is 0 Å². The van der Waals surface area contributed by atoms with Gasteiger partial charge in [-0.1, -0.05) is 212 Å². The third kappa shape index (κ3) is 6.11. The molecule has 0 atom stereocenters. The molecule has 1 aromatic heterocycles. The summed E-state index contributed by atoms with van der Waals surface area (Å²) < 4.78 is 2.49. The molecule has 0 bridgehead atoms. The van der Waals surface area contributed by atoms with Gasteiger partial charge in [0.15, 0.2) is 0 Å². The lowest BCUT2D eigenvalue weighted by atomic mass is 9.67. The molecule has 2 nitrogen and oxygen atoms in total. The van der Waals surface area contributed by atoms with Crippen molar-refractivity contribution in [2.24, 2.45) is 0 Å². The van der Waals surface area contributed by atoms with Crippen LogP contribution in [0.4, 0.5) is 17.1 Å². The van der Waals surface area contributed by atoms with Crippen LogP contribution in [0.2, 0.25) is 0 Å². The van der Waals surface area contributed by atoms with E-state index in [0.717, 1.165) is 22.7 Å². The second-order valence-electron chi connectivity index (χ2n) is 17.6. The Bertz CT molecular complexity index is 3750. The van der Waals surface area contributed by atoms with Gasteiger partial charge in [-0.05, 0) is 116 Å². The number of fused-ring (bicyclic) bond motifs is 7. The van der Waals surface area contributed by atoms with Crippen molar-refractivity contribution in [3.63, 3.8) is 0 Å². The lowest BCUT2D eigenvalue weighted by Gasteiger charge is -2.34. The monoisotopic (exact) mass is 852 g/mol. The molecule has 1 aliphatic rings. The van der Waals surface area contributed by atoms with Gasteiger partial charge in [-0.15, -0.1) is 0 Å². The van der Waals surface area contributed by atoms with Crippen molar-refractivity contribution in [2.75, 3.05) is 4.90 Å². The number of hydrogen-bond acceptors (Lipinski definition) is 1.